The van der Waals surface area contributed by atoms with Gasteiger partial charge in [-0.05, 0) is 68.3 Å². The van der Waals surface area contributed by atoms with Crippen molar-refractivity contribution in [1.29, 1.82) is 0 Å². The highest BCUT2D eigenvalue weighted by atomic mass is 16.3. The molecular weight excluding hydrogens is 276 g/mol. The third-order valence-electron chi connectivity index (χ3n) is 4.74. The molecule has 1 amide bonds. The fraction of sp³-hybridized carbons (Fsp3) is 0.611. The van der Waals surface area contributed by atoms with Gasteiger partial charge in [0.05, 0.1) is 0 Å². The summed E-state index contributed by atoms with van der Waals surface area (Å²) < 4.78 is 0. The molecule has 1 heterocycles. The Morgan fingerprint density at radius 1 is 1.27 bits per heavy atom. The molecule has 2 fully saturated rings. The van der Waals surface area contributed by atoms with Crippen molar-refractivity contribution in [1.82, 2.24) is 10.2 Å². The molecule has 1 aromatic carbocycles. The van der Waals surface area contributed by atoms with Crippen molar-refractivity contribution in [3.8, 4) is 5.75 Å². The zero-order valence-corrected chi connectivity index (χ0v) is 13.1. The van der Waals surface area contributed by atoms with E-state index in [1.54, 1.807) is 12.1 Å². The maximum atomic E-state index is 12.6. The number of amides is 1. The molecule has 3 rings (SSSR count). The fourth-order valence-electron chi connectivity index (χ4n) is 3.19. The number of hydrogen-bond acceptors (Lipinski definition) is 3. The summed E-state index contributed by atoms with van der Waals surface area (Å²) in [6.07, 6.45) is 5.33. The van der Waals surface area contributed by atoms with Crippen LogP contribution in [-0.2, 0) is 11.3 Å². The standard InChI is InChI=1S/C18H26N2O2/c21-17-3-1-2-16(10-17)13-20(12-15-4-5-15)18(22)7-6-14-8-9-19-11-14/h1-3,10,14-15,19,21H,4-9,11-13H2. The number of hydrogen-bond donors (Lipinski definition) is 2. The average Bonchev–Trinajstić information content (AvgIpc) is 3.16. The fourth-order valence-corrected chi connectivity index (χ4v) is 3.19. The first kappa shape index (κ1) is 15.3. The van der Waals surface area contributed by atoms with E-state index in [1.165, 1.54) is 19.3 Å². The molecule has 1 aliphatic carbocycles. The monoisotopic (exact) mass is 302 g/mol. The van der Waals surface area contributed by atoms with E-state index in [0.29, 0.717) is 24.8 Å². The first-order chi connectivity index (χ1) is 10.7. The van der Waals surface area contributed by atoms with E-state index in [-0.39, 0.29) is 11.7 Å². The van der Waals surface area contributed by atoms with Gasteiger partial charge in [-0.25, -0.2) is 0 Å². The number of carbonyl (C=O) groups is 1. The molecule has 0 spiro atoms. The molecule has 120 valence electrons. The normalized spacial score (nSPS) is 21.0. The van der Waals surface area contributed by atoms with E-state index in [0.717, 1.165) is 31.6 Å². The molecule has 2 aliphatic rings. The molecule has 1 unspecified atom stereocenters. The molecule has 1 aliphatic heterocycles. The van der Waals surface area contributed by atoms with Gasteiger partial charge in [-0.15, -0.1) is 0 Å². The zero-order chi connectivity index (χ0) is 15.4. The number of aromatic hydroxyl groups is 1. The summed E-state index contributed by atoms with van der Waals surface area (Å²) in [4.78, 5) is 14.6. The van der Waals surface area contributed by atoms with Crippen LogP contribution in [0.15, 0.2) is 24.3 Å². The maximum Gasteiger partial charge on any atom is 0.222 e. The number of phenols is 1. The maximum absolute atomic E-state index is 12.6. The van der Waals surface area contributed by atoms with Gasteiger partial charge in [0.2, 0.25) is 5.91 Å². The molecule has 1 saturated carbocycles. The summed E-state index contributed by atoms with van der Waals surface area (Å²) in [5, 5.41) is 13.0. The highest BCUT2D eigenvalue weighted by Crippen LogP contribution is 2.31. The van der Waals surface area contributed by atoms with Crippen LogP contribution in [0.1, 0.15) is 37.7 Å². The molecule has 4 heteroatoms. The lowest BCUT2D eigenvalue weighted by molar-refractivity contribution is -0.132. The minimum Gasteiger partial charge on any atom is -0.508 e. The number of phenolic OH excluding ortho intramolecular Hbond substituents is 1. The Bertz CT molecular complexity index is 508. The van der Waals surface area contributed by atoms with Crippen LogP contribution in [-0.4, -0.2) is 35.5 Å². The van der Waals surface area contributed by atoms with Crippen LogP contribution < -0.4 is 5.32 Å². The smallest absolute Gasteiger partial charge is 0.222 e. The summed E-state index contributed by atoms with van der Waals surface area (Å²) in [7, 11) is 0. The van der Waals surface area contributed by atoms with Gasteiger partial charge in [0, 0.05) is 19.5 Å². The highest BCUT2D eigenvalue weighted by Gasteiger charge is 2.27. The predicted molar refractivity (Wildman–Crippen MR) is 86.5 cm³/mol. The molecule has 4 nitrogen and oxygen atoms in total. The SMILES string of the molecule is O=C(CCC1CCNC1)N(Cc1cccc(O)c1)CC1CC1. The van der Waals surface area contributed by atoms with Gasteiger partial charge in [-0.2, -0.15) is 0 Å². The quantitative estimate of drug-likeness (QED) is 0.814. The van der Waals surface area contributed by atoms with E-state index in [2.05, 4.69) is 5.32 Å². The lowest BCUT2D eigenvalue weighted by Crippen LogP contribution is -2.32. The van der Waals surface area contributed by atoms with Crippen molar-refractivity contribution in [2.45, 2.75) is 38.6 Å². The molecule has 1 atom stereocenters. The summed E-state index contributed by atoms with van der Waals surface area (Å²) in [6.45, 7) is 3.64. The Morgan fingerprint density at radius 2 is 2.14 bits per heavy atom. The largest absolute Gasteiger partial charge is 0.508 e. The van der Waals surface area contributed by atoms with E-state index in [9.17, 15) is 9.90 Å². The van der Waals surface area contributed by atoms with Gasteiger partial charge >= 0.3 is 0 Å². The zero-order valence-electron chi connectivity index (χ0n) is 13.1. The van der Waals surface area contributed by atoms with Gasteiger partial charge < -0.3 is 15.3 Å². The van der Waals surface area contributed by atoms with Gasteiger partial charge in [0.1, 0.15) is 5.75 Å². The van der Waals surface area contributed by atoms with Crippen molar-refractivity contribution in [3.63, 3.8) is 0 Å². The topological polar surface area (TPSA) is 52.6 Å². The Morgan fingerprint density at radius 3 is 2.82 bits per heavy atom. The summed E-state index contributed by atoms with van der Waals surface area (Å²) in [5.74, 6) is 1.89. The summed E-state index contributed by atoms with van der Waals surface area (Å²) in [5.41, 5.74) is 1.01. The van der Waals surface area contributed by atoms with Crippen LogP contribution in [0.5, 0.6) is 5.75 Å². The summed E-state index contributed by atoms with van der Waals surface area (Å²) >= 11 is 0. The second-order valence-corrected chi connectivity index (χ2v) is 6.79. The lowest BCUT2D eigenvalue weighted by atomic mass is 10.0. The van der Waals surface area contributed by atoms with Crippen molar-refractivity contribution in [2.24, 2.45) is 11.8 Å². The van der Waals surface area contributed by atoms with Crippen molar-refractivity contribution >= 4 is 5.91 Å². The van der Waals surface area contributed by atoms with Crippen molar-refractivity contribution in [3.05, 3.63) is 29.8 Å². The molecule has 0 aromatic heterocycles. The third kappa shape index (κ3) is 4.47. The lowest BCUT2D eigenvalue weighted by Gasteiger charge is -2.23. The Hall–Kier alpha value is -1.55. The Balaban J connectivity index is 1.56. The predicted octanol–water partition coefficient (Wildman–Crippen LogP) is 2.52. The van der Waals surface area contributed by atoms with Crippen LogP contribution in [0, 0.1) is 11.8 Å². The molecule has 0 radical (unpaired) electrons. The molecule has 0 bridgehead atoms. The average molecular weight is 302 g/mol. The second-order valence-electron chi connectivity index (χ2n) is 6.79. The number of rotatable bonds is 7. The van der Waals surface area contributed by atoms with Gasteiger partial charge in [0.25, 0.3) is 0 Å². The number of benzene rings is 1. The van der Waals surface area contributed by atoms with Crippen LogP contribution in [0.25, 0.3) is 0 Å². The Labute approximate surface area is 132 Å². The van der Waals surface area contributed by atoms with Crippen LogP contribution in [0.2, 0.25) is 0 Å². The van der Waals surface area contributed by atoms with E-state index in [4.69, 9.17) is 0 Å². The van der Waals surface area contributed by atoms with Crippen molar-refractivity contribution < 1.29 is 9.90 Å². The first-order valence-electron chi connectivity index (χ1n) is 8.47. The minimum absolute atomic E-state index is 0.266. The van der Waals surface area contributed by atoms with Gasteiger partial charge in [0.15, 0.2) is 0 Å². The molecule has 1 saturated heterocycles. The van der Waals surface area contributed by atoms with Gasteiger partial charge in [-0.3, -0.25) is 4.79 Å². The number of nitrogens with zero attached hydrogens (tertiary/aromatic N) is 1. The van der Waals surface area contributed by atoms with Crippen LogP contribution >= 0.6 is 0 Å². The molecular formula is C18H26N2O2. The highest BCUT2D eigenvalue weighted by molar-refractivity contribution is 5.76. The number of carbonyl (C=O) groups excluding carboxylic acids is 1. The molecule has 22 heavy (non-hydrogen) atoms. The minimum atomic E-state index is 0.266. The van der Waals surface area contributed by atoms with E-state index < -0.39 is 0 Å². The first-order valence-corrected chi connectivity index (χ1v) is 8.47. The van der Waals surface area contributed by atoms with Crippen molar-refractivity contribution in [2.75, 3.05) is 19.6 Å². The second kappa shape index (κ2) is 7.14. The van der Waals surface area contributed by atoms with E-state index >= 15 is 0 Å². The summed E-state index contributed by atoms with van der Waals surface area (Å²) in [6, 6.07) is 7.25. The number of nitrogens with one attached hydrogen (secondary N) is 1. The molecule has 2 N–H and O–H groups in total. The Kier molecular flexibility index (Phi) is 4.98. The third-order valence-corrected chi connectivity index (χ3v) is 4.74. The molecule has 1 aromatic rings. The van der Waals surface area contributed by atoms with Gasteiger partial charge in [-0.1, -0.05) is 12.1 Å². The van der Waals surface area contributed by atoms with Crippen LogP contribution in [0.3, 0.4) is 0 Å². The van der Waals surface area contributed by atoms with Crippen LogP contribution in [0.4, 0.5) is 0 Å². The van der Waals surface area contributed by atoms with E-state index in [1.807, 2.05) is 17.0 Å².